The Balaban J connectivity index is 0. The number of thiol groups is 1. The third-order valence-electron chi connectivity index (χ3n) is 0.1000. The van der Waals surface area contributed by atoms with Crippen LogP contribution in [-0.4, -0.2) is 17.5 Å². The summed E-state index contributed by atoms with van der Waals surface area (Å²) in [4.78, 5) is 0. The van der Waals surface area contributed by atoms with E-state index in [1.54, 1.807) is 0 Å². The normalized spacial score (nSPS) is 6.00. The summed E-state index contributed by atoms with van der Waals surface area (Å²) < 4.78 is 0. The summed E-state index contributed by atoms with van der Waals surface area (Å²) in [7, 11) is 0. The summed E-state index contributed by atoms with van der Waals surface area (Å²) in [5, 5.41) is 7.80. The topological polar surface area (TPSA) is 20.2 Å². The van der Waals surface area contributed by atoms with Crippen LogP contribution in [0.1, 0.15) is 0 Å². The van der Waals surface area contributed by atoms with Crippen LogP contribution < -0.4 is 0 Å². The van der Waals surface area contributed by atoms with Gasteiger partial charge in [0.1, 0.15) is 0 Å². The minimum Gasteiger partial charge on any atom is -0.396 e. The molecule has 0 aliphatic rings. The van der Waals surface area contributed by atoms with Crippen LogP contribution in [0.4, 0.5) is 0 Å². The van der Waals surface area contributed by atoms with Crippen molar-refractivity contribution in [3.63, 3.8) is 0 Å². The Morgan fingerprint density at radius 1 is 1.60 bits per heavy atom. The van der Waals surface area contributed by atoms with Crippen LogP contribution >= 0.6 is 29.6 Å². The first-order valence-corrected chi connectivity index (χ1v) is 1.76. The summed E-state index contributed by atoms with van der Waals surface area (Å²) >= 11 is 3.67. The van der Waals surface area contributed by atoms with E-state index >= 15 is 0 Å². The predicted molar refractivity (Wildman–Crippen MR) is 31.3 cm³/mol. The zero-order valence-corrected chi connectivity index (χ0v) is 5.32. The van der Waals surface area contributed by atoms with Gasteiger partial charge >= 0.3 is 0 Å². The molecule has 1 N–H and O–H groups in total. The van der Waals surface area contributed by atoms with Gasteiger partial charge in [0.25, 0.3) is 0 Å². The summed E-state index contributed by atoms with van der Waals surface area (Å²) in [6.07, 6.45) is 0. The molecule has 0 aromatic rings. The molecule has 1 nitrogen and oxygen atoms in total. The van der Waals surface area contributed by atoms with Crippen LogP contribution in [0.15, 0.2) is 0 Å². The molecule has 0 amide bonds. The van der Waals surface area contributed by atoms with Crippen LogP contribution in [0.5, 0.6) is 0 Å². The van der Waals surface area contributed by atoms with Crippen molar-refractivity contribution in [1.82, 2.24) is 0 Å². The highest BCUT2D eigenvalue weighted by Gasteiger charge is 1.57. The molecule has 0 radical (unpaired) electrons. The summed E-state index contributed by atoms with van der Waals surface area (Å²) in [6.45, 7) is 0.184. The molecular weight excluding hydrogens is 152 g/mol. The molecule has 0 aromatic carbocycles. The van der Waals surface area contributed by atoms with Crippen molar-refractivity contribution in [3.8, 4) is 0 Å². The Morgan fingerprint density at radius 3 is 1.80 bits per heavy atom. The lowest BCUT2D eigenvalue weighted by Gasteiger charge is -1.69. The van der Waals surface area contributed by atoms with E-state index in [0.29, 0.717) is 5.75 Å². The second-order valence-electron chi connectivity index (χ2n) is 0.447. The van der Waals surface area contributed by atoms with Crippen molar-refractivity contribution >= 4 is 29.6 Å². The quantitative estimate of drug-likeness (QED) is 0.533. The molecule has 0 aliphatic carbocycles. The molecule has 0 unspecified atom stereocenters. The Hall–Kier alpha value is 0.790. The van der Waals surface area contributed by atoms with Crippen LogP contribution in [-0.2, 0) is 0 Å². The van der Waals surface area contributed by atoms with E-state index in [1.807, 2.05) is 0 Å². The highest BCUT2D eigenvalue weighted by molar-refractivity contribution is 8.93. The number of halogens is 1. The average Bonchev–Trinajstić information content (AvgIpc) is 1.37. The number of hydrogen-bond acceptors (Lipinski definition) is 2. The fourth-order valence-corrected chi connectivity index (χ4v) is 0. The maximum absolute atomic E-state index is 7.80. The van der Waals surface area contributed by atoms with E-state index in [4.69, 9.17) is 5.11 Å². The van der Waals surface area contributed by atoms with Crippen molar-refractivity contribution in [3.05, 3.63) is 0 Å². The van der Waals surface area contributed by atoms with Crippen LogP contribution in [0, 0.1) is 0 Å². The van der Waals surface area contributed by atoms with Gasteiger partial charge in [0.05, 0.1) is 6.61 Å². The Bertz CT molecular complexity index is 11.6. The van der Waals surface area contributed by atoms with Crippen molar-refractivity contribution < 1.29 is 5.11 Å². The average molecular weight is 159 g/mol. The van der Waals surface area contributed by atoms with E-state index in [1.165, 1.54) is 0 Å². The minimum absolute atomic E-state index is 0. The minimum atomic E-state index is 0. The van der Waals surface area contributed by atoms with Crippen molar-refractivity contribution in [2.24, 2.45) is 0 Å². The summed E-state index contributed by atoms with van der Waals surface area (Å²) in [5.74, 6) is 0.569. The van der Waals surface area contributed by atoms with Crippen LogP contribution in [0.3, 0.4) is 0 Å². The SMILES string of the molecule is Br.OCCS. The molecule has 0 saturated heterocycles. The predicted octanol–water partition coefficient (Wildman–Crippen LogP) is 0.486. The standard InChI is InChI=1S/C2H6OS.BrH/c3-1-2-4;/h3-4H,1-2H2;1H. The first-order chi connectivity index (χ1) is 1.91. The molecule has 0 bridgehead atoms. The molecule has 0 atom stereocenters. The highest BCUT2D eigenvalue weighted by Crippen LogP contribution is 1.61. The molecule has 0 aliphatic heterocycles. The van der Waals surface area contributed by atoms with Gasteiger partial charge in [-0.05, 0) is 0 Å². The second kappa shape index (κ2) is 8.84. The van der Waals surface area contributed by atoms with Crippen LogP contribution in [0.25, 0.3) is 0 Å². The number of rotatable bonds is 1. The third-order valence-corrected chi connectivity index (χ3v) is 0.300. The van der Waals surface area contributed by atoms with Crippen LogP contribution in [0.2, 0.25) is 0 Å². The number of aliphatic hydroxyl groups is 1. The molecular formula is C2H7BrOS. The van der Waals surface area contributed by atoms with Gasteiger partial charge in [-0.15, -0.1) is 17.0 Å². The zero-order chi connectivity index (χ0) is 3.41. The molecule has 0 aromatic heterocycles. The molecule has 0 spiro atoms. The van der Waals surface area contributed by atoms with Gasteiger partial charge in [-0.25, -0.2) is 0 Å². The largest absolute Gasteiger partial charge is 0.396 e. The van der Waals surface area contributed by atoms with Gasteiger partial charge in [0.15, 0.2) is 0 Å². The van der Waals surface area contributed by atoms with Crippen molar-refractivity contribution in [2.45, 2.75) is 0 Å². The Morgan fingerprint density at radius 2 is 1.80 bits per heavy atom. The molecule has 0 fully saturated rings. The lowest BCUT2D eigenvalue weighted by molar-refractivity contribution is 0.323. The van der Waals surface area contributed by atoms with Gasteiger partial charge in [-0.1, -0.05) is 0 Å². The molecule has 0 saturated carbocycles. The fourth-order valence-electron chi connectivity index (χ4n) is 0. The molecule has 34 valence electrons. The van der Waals surface area contributed by atoms with E-state index in [2.05, 4.69) is 12.6 Å². The first-order valence-electron chi connectivity index (χ1n) is 1.13. The monoisotopic (exact) mass is 158 g/mol. The van der Waals surface area contributed by atoms with E-state index in [9.17, 15) is 0 Å². The molecule has 3 heteroatoms. The molecule has 0 heterocycles. The summed E-state index contributed by atoms with van der Waals surface area (Å²) in [6, 6.07) is 0. The molecule has 0 rings (SSSR count). The second-order valence-corrected chi connectivity index (χ2v) is 0.894. The highest BCUT2D eigenvalue weighted by atomic mass is 79.9. The first kappa shape index (κ1) is 9.25. The lowest BCUT2D eigenvalue weighted by Crippen LogP contribution is -1.76. The smallest absolute Gasteiger partial charge is 0.0519 e. The van der Waals surface area contributed by atoms with Gasteiger partial charge in [-0.3, -0.25) is 0 Å². The van der Waals surface area contributed by atoms with E-state index < -0.39 is 0 Å². The third kappa shape index (κ3) is 11.6. The maximum atomic E-state index is 7.80. The Labute approximate surface area is 47.6 Å². The Kier molecular flexibility index (Phi) is 16.3. The van der Waals surface area contributed by atoms with E-state index in [-0.39, 0.29) is 23.6 Å². The molecule has 5 heavy (non-hydrogen) atoms. The van der Waals surface area contributed by atoms with Gasteiger partial charge in [0, 0.05) is 5.75 Å². The zero-order valence-electron chi connectivity index (χ0n) is 2.72. The lowest BCUT2D eigenvalue weighted by atomic mass is 10.9. The fraction of sp³-hybridized carbons (Fsp3) is 1.00. The number of hydrogen-bond donors (Lipinski definition) is 2. The van der Waals surface area contributed by atoms with Gasteiger partial charge in [0.2, 0.25) is 0 Å². The maximum Gasteiger partial charge on any atom is 0.0519 e. The number of aliphatic hydroxyl groups excluding tert-OH is 1. The van der Waals surface area contributed by atoms with Gasteiger partial charge in [-0.2, -0.15) is 12.6 Å². The van der Waals surface area contributed by atoms with E-state index in [0.717, 1.165) is 0 Å². The van der Waals surface area contributed by atoms with Crippen molar-refractivity contribution in [2.75, 3.05) is 12.4 Å². The van der Waals surface area contributed by atoms with Crippen molar-refractivity contribution in [1.29, 1.82) is 0 Å². The van der Waals surface area contributed by atoms with Gasteiger partial charge < -0.3 is 5.11 Å². The summed E-state index contributed by atoms with van der Waals surface area (Å²) in [5.41, 5.74) is 0.